The van der Waals surface area contributed by atoms with Gasteiger partial charge in [0.15, 0.2) is 0 Å². The van der Waals surface area contributed by atoms with Crippen LogP contribution in [0.2, 0.25) is 0 Å². The zero-order valence-corrected chi connectivity index (χ0v) is 8.62. The van der Waals surface area contributed by atoms with E-state index in [9.17, 15) is 13.6 Å². The summed E-state index contributed by atoms with van der Waals surface area (Å²) < 4.78 is 26.4. The predicted octanol–water partition coefficient (Wildman–Crippen LogP) is 2.62. The van der Waals surface area contributed by atoms with Gasteiger partial charge in [-0.2, -0.15) is 0 Å². The molecule has 0 bridgehead atoms. The topological polar surface area (TPSA) is 37.3 Å². The molecule has 16 heavy (non-hydrogen) atoms. The van der Waals surface area contributed by atoms with Crippen molar-refractivity contribution in [3.63, 3.8) is 0 Å². The maximum atomic E-state index is 13.2. The quantitative estimate of drug-likeness (QED) is 0.856. The molecule has 1 aromatic rings. The molecule has 2 rings (SSSR count). The molecule has 1 saturated carbocycles. The lowest BCUT2D eigenvalue weighted by Crippen LogP contribution is -2.01. The molecule has 4 heteroatoms. The van der Waals surface area contributed by atoms with Crippen LogP contribution >= 0.6 is 0 Å². The van der Waals surface area contributed by atoms with E-state index in [1.807, 2.05) is 0 Å². The van der Waals surface area contributed by atoms with E-state index in [1.165, 1.54) is 18.2 Å². The lowest BCUT2D eigenvalue weighted by atomic mass is 10.1. The van der Waals surface area contributed by atoms with Gasteiger partial charge in [-0.05, 0) is 37.3 Å². The maximum absolute atomic E-state index is 13.2. The second-order valence-electron chi connectivity index (χ2n) is 4.18. The Morgan fingerprint density at radius 3 is 2.50 bits per heavy atom. The summed E-state index contributed by atoms with van der Waals surface area (Å²) >= 11 is 0. The second kappa shape index (κ2) is 4.20. The summed E-state index contributed by atoms with van der Waals surface area (Å²) in [4.78, 5) is 10.6. The van der Waals surface area contributed by atoms with E-state index in [0.717, 1.165) is 0 Å². The predicted molar refractivity (Wildman–Crippen MR) is 53.9 cm³/mol. The van der Waals surface area contributed by atoms with Gasteiger partial charge in [0.25, 0.3) is 0 Å². The molecule has 0 aromatic heterocycles. The van der Waals surface area contributed by atoms with Crippen molar-refractivity contribution < 1.29 is 18.7 Å². The largest absolute Gasteiger partial charge is 0.481 e. The van der Waals surface area contributed by atoms with Gasteiger partial charge in [-0.3, -0.25) is 4.79 Å². The molecular formula is C12H12F2O2. The number of hydrogen-bond acceptors (Lipinski definition) is 1. The SMILES string of the molecule is O=C(O)C1CC1CCc1c(F)cccc1F. The molecule has 1 fully saturated rings. The number of hydrogen-bond donors (Lipinski definition) is 1. The van der Waals surface area contributed by atoms with Gasteiger partial charge in [-0.15, -0.1) is 0 Å². The molecule has 1 aliphatic carbocycles. The van der Waals surface area contributed by atoms with E-state index in [0.29, 0.717) is 12.8 Å². The van der Waals surface area contributed by atoms with Gasteiger partial charge in [-0.25, -0.2) is 8.78 Å². The Bertz CT molecular complexity index is 397. The van der Waals surface area contributed by atoms with Crippen LogP contribution in [0.3, 0.4) is 0 Å². The highest BCUT2D eigenvalue weighted by atomic mass is 19.1. The van der Waals surface area contributed by atoms with Crippen LogP contribution in [0.25, 0.3) is 0 Å². The molecule has 0 saturated heterocycles. The maximum Gasteiger partial charge on any atom is 0.306 e. The molecule has 1 N–H and O–H groups in total. The van der Waals surface area contributed by atoms with Crippen LogP contribution in [0.4, 0.5) is 8.78 Å². The van der Waals surface area contributed by atoms with Crippen molar-refractivity contribution >= 4 is 5.97 Å². The summed E-state index contributed by atoms with van der Waals surface area (Å²) in [6.45, 7) is 0. The summed E-state index contributed by atoms with van der Waals surface area (Å²) in [7, 11) is 0. The zero-order chi connectivity index (χ0) is 11.7. The number of carboxylic acids is 1. The second-order valence-corrected chi connectivity index (χ2v) is 4.18. The molecule has 0 heterocycles. The van der Waals surface area contributed by atoms with E-state index in [4.69, 9.17) is 5.11 Å². The zero-order valence-electron chi connectivity index (χ0n) is 8.62. The van der Waals surface area contributed by atoms with Crippen LogP contribution in [0, 0.1) is 23.5 Å². The highest BCUT2D eigenvalue weighted by Crippen LogP contribution is 2.42. The van der Waals surface area contributed by atoms with Gasteiger partial charge in [-0.1, -0.05) is 6.07 Å². The minimum absolute atomic E-state index is 0.0681. The van der Waals surface area contributed by atoms with Crippen molar-refractivity contribution in [2.24, 2.45) is 11.8 Å². The average molecular weight is 226 g/mol. The smallest absolute Gasteiger partial charge is 0.306 e. The number of rotatable bonds is 4. The van der Waals surface area contributed by atoms with E-state index < -0.39 is 17.6 Å². The molecule has 0 amide bonds. The van der Waals surface area contributed by atoms with Crippen molar-refractivity contribution in [1.82, 2.24) is 0 Å². The van der Waals surface area contributed by atoms with Gasteiger partial charge in [0.1, 0.15) is 11.6 Å². The molecular weight excluding hydrogens is 214 g/mol. The summed E-state index contributed by atoms with van der Waals surface area (Å²) in [5, 5.41) is 8.68. The fourth-order valence-electron chi connectivity index (χ4n) is 1.97. The summed E-state index contributed by atoms with van der Waals surface area (Å²) in [6, 6.07) is 3.77. The molecule has 1 aliphatic rings. The third-order valence-electron chi connectivity index (χ3n) is 3.07. The number of carboxylic acid groups (broad SMARTS) is 1. The van der Waals surface area contributed by atoms with Crippen LogP contribution in [-0.4, -0.2) is 11.1 Å². The normalized spacial score (nSPS) is 23.1. The van der Waals surface area contributed by atoms with Gasteiger partial charge < -0.3 is 5.11 Å². The number of aliphatic carboxylic acids is 1. The molecule has 1 aromatic carbocycles. The van der Waals surface area contributed by atoms with E-state index >= 15 is 0 Å². The molecule has 0 radical (unpaired) electrons. The van der Waals surface area contributed by atoms with Crippen molar-refractivity contribution in [2.45, 2.75) is 19.3 Å². The number of carbonyl (C=O) groups is 1. The Hall–Kier alpha value is -1.45. The number of benzene rings is 1. The lowest BCUT2D eigenvalue weighted by Gasteiger charge is -2.03. The first kappa shape index (κ1) is 11.0. The van der Waals surface area contributed by atoms with Crippen molar-refractivity contribution in [2.75, 3.05) is 0 Å². The van der Waals surface area contributed by atoms with E-state index in [-0.39, 0.29) is 23.8 Å². The summed E-state index contributed by atoms with van der Waals surface area (Å²) in [6.07, 6.45) is 1.44. The fourth-order valence-corrected chi connectivity index (χ4v) is 1.97. The average Bonchev–Trinajstić information content (AvgIpc) is 2.96. The molecule has 2 nitrogen and oxygen atoms in total. The van der Waals surface area contributed by atoms with Crippen molar-refractivity contribution in [3.8, 4) is 0 Å². The minimum atomic E-state index is -0.806. The van der Waals surface area contributed by atoms with Crippen molar-refractivity contribution in [1.29, 1.82) is 0 Å². The Kier molecular flexibility index (Phi) is 2.90. The first-order valence-electron chi connectivity index (χ1n) is 5.25. The standard InChI is InChI=1S/C12H12F2O2/c13-10-2-1-3-11(14)8(10)5-4-7-6-9(7)12(15)16/h1-3,7,9H,4-6H2,(H,15,16). The summed E-state index contributed by atoms with van der Waals surface area (Å²) in [5.74, 6) is -2.13. The Morgan fingerprint density at radius 2 is 2.00 bits per heavy atom. The Labute approximate surface area is 91.9 Å². The third kappa shape index (κ3) is 2.21. The summed E-state index contributed by atoms with van der Waals surface area (Å²) in [5.41, 5.74) is 0.0681. The Balaban J connectivity index is 1.94. The third-order valence-corrected chi connectivity index (χ3v) is 3.07. The van der Waals surface area contributed by atoms with E-state index in [1.54, 1.807) is 0 Å². The molecule has 2 unspecified atom stereocenters. The van der Waals surface area contributed by atoms with Crippen molar-refractivity contribution in [3.05, 3.63) is 35.4 Å². The highest BCUT2D eigenvalue weighted by molar-refractivity contribution is 5.73. The van der Waals surface area contributed by atoms with Crippen LogP contribution in [0.5, 0.6) is 0 Å². The van der Waals surface area contributed by atoms with E-state index in [2.05, 4.69) is 0 Å². The minimum Gasteiger partial charge on any atom is -0.481 e. The molecule has 0 spiro atoms. The van der Waals surface area contributed by atoms with Crippen LogP contribution in [0.15, 0.2) is 18.2 Å². The van der Waals surface area contributed by atoms with Crippen LogP contribution in [0.1, 0.15) is 18.4 Å². The van der Waals surface area contributed by atoms with Crippen LogP contribution < -0.4 is 0 Å². The first-order chi connectivity index (χ1) is 7.59. The highest BCUT2D eigenvalue weighted by Gasteiger charge is 2.42. The van der Waals surface area contributed by atoms with Gasteiger partial charge in [0.2, 0.25) is 0 Å². The van der Waals surface area contributed by atoms with Gasteiger partial charge in [0.05, 0.1) is 5.92 Å². The number of halogens is 2. The molecule has 86 valence electrons. The van der Waals surface area contributed by atoms with Crippen LogP contribution in [-0.2, 0) is 11.2 Å². The molecule has 0 aliphatic heterocycles. The van der Waals surface area contributed by atoms with Gasteiger partial charge in [0, 0.05) is 5.56 Å². The fraction of sp³-hybridized carbons (Fsp3) is 0.417. The monoisotopic (exact) mass is 226 g/mol. The lowest BCUT2D eigenvalue weighted by molar-refractivity contribution is -0.138. The first-order valence-corrected chi connectivity index (χ1v) is 5.25. The Morgan fingerprint density at radius 1 is 1.38 bits per heavy atom. The molecule has 2 atom stereocenters. The van der Waals surface area contributed by atoms with Gasteiger partial charge >= 0.3 is 5.97 Å².